The number of benzene rings is 2. The smallest absolute Gasteiger partial charge is 0.279 e. The SMILES string of the molecule is COCCn1c(=NC(=O)c2ccc(S(=O)(=O)N3CCC(C)CC3)cc2)sc2cc(Cl)ccc21. The second kappa shape index (κ2) is 10.1. The molecule has 3 aromatic rings. The lowest BCUT2D eigenvalue weighted by atomic mass is 10.0. The van der Waals surface area contributed by atoms with Crippen molar-refractivity contribution >= 4 is 49.1 Å². The van der Waals surface area contributed by atoms with E-state index in [-0.39, 0.29) is 4.90 Å². The highest BCUT2D eigenvalue weighted by molar-refractivity contribution is 7.89. The number of hydrogen-bond acceptors (Lipinski definition) is 5. The first-order chi connectivity index (χ1) is 15.8. The summed E-state index contributed by atoms with van der Waals surface area (Å²) in [5, 5.41) is 0.612. The average molecular weight is 508 g/mol. The zero-order chi connectivity index (χ0) is 23.6. The number of thiazole rings is 1. The van der Waals surface area contributed by atoms with Crippen LogP contribution in [0.2, 0.25) is 5.02 Å². The maximum atomic E-state index is 12.9. The molecular formula is C23H26ClN3O4S2. The molecule has 10 heteroatoms. The molecule has 1 aromatic heterocycles. The summed E-state index contributed by atoms with van der Waals surface area (Å²) in [6.07, 6.45) is 1.72. The molecule has 176 valence electrons. The van der Waals surface area contributed by atoms with Crippen molar-refractivity contribution in [3.8, 4) is 0 Å². The van der Waals surface area contributed by atoms with Crippen LogP contribution in [0.15, 0.2) is 52.4 Å². The third-order valence-electron chi connectivity index (χ3n) is 5.84. The average Bonchev–Trinajstić information content (AvgIpc) is 3.13. The molecule has 0 atom stereocenters. The number of amides is 1. The fraction of sp³-hybridized carbons (Fsp3) is 0.391. The van der Waals surface area contributed by atoms with E-state index in [9.17, 15) is 13.2 Å². The lowest BCUT2D eigenvalue weighted by Gasteiger charge is -2.29. The first-order valence-corrected chi connectivity index (χ1v) is 13.4. The first kappa shape index (κ1) is 24.1. The van der Waals surface area contributed by atoms with Gasteiger partial charge < -0.3 is 9.30 Å². The lowest BCUT2D eigenvalue weighted by molar-refractivity contribution is 0.0997. The number of piperidine rings is 1. The molecule has 0 spiro atoms. The van der Waals surface area contributed by atoms with Gasteiger partial charge in [0.05, 0.1) is 21.7 Å². The van der Waals surface area contributed by atoms with Gasteiger partial charge in [-0.15, -0.1) is 0 Å². The number of sulfonamides is 1. The van der Waals surface area contributed by atoms with Gasteiger partial charge in [0.1, 0.15) is 0 Å². The van der Waals surface area contributed by atoms with Crippen LogP contribution in [-0.4, -0.2) is 50.0 Å². The normalized spacial score (nSPS) is 16.5. The maximum absolute atomic E-state index is 12.9. The van der Waals surface area contributed by atoms with E-state index in [1.165, 1.54) is 39.9 Å². The van der Waals surface area contributed by atoms with Gasteiger partial charge in [0, 0.05) is 37.3 Å². The number of fused-ring (bicyclic) bond motifs is 1. The molecule has 4 rings (SSSR count). The van der Waals surface area contributed by atoms with Crippen molar-refractivity contribution in [1.29, 1.82) is 0 Å². The lowest BCUT2D eigenvalue weighted by Crippen LogP contribution is -2.37. The second-order valence-electron chi connectivity index (χ2n) is 8.17. The molecule has 0 bridgehead atoms. The molecule has 33 heavy (non-hydrogen) atoms. The minimum atomic E-state index is -3.56. The number of methoxy groups -OCH3 is 1. The van der Waals surface area contributed by atoms with E-state index in [2.05, 4.69) is 11.9 Å². The third kappa shape index (κ3) is 5.22. The largest absolute Gasteiger partial charge is 0.383 e. The summed E-state index contributed by atoms with van der Waals surface area (Å²) in [6, 6.07) is 11.6. The number of aromatic nitrogens is 1. The van der Waals surface area contributed by atoms with Crippen molar-refractivity contribution in [2.75, 3.05) is 26.8 Å². The standard InChI is InChI=1S/C23H26ClN3O4S2/c1-16-9-11-26(12-10-16)33(29,30)19-6-3-17(4-7-19)22(28)25-23-27(13-14-31-2)20-8-5-18(24)15-21(20)32-23/h3-8,15-16H,9-14H2,1-2H3. The van der Waals surface area contributed by atoms with Crippen LogP contribution in [-0.2, 0) is 21.3 Å². The summed E-state index contributed by atoms with van der Waals surface area (Å²) < 4.78 is 35.4. The van der Waals surface area contributed by atoms with Crippen molar-refractivity contribution in [3.63, 3.8) is 0 Å². The van der Waals surface area contributed by atoms with Gasteiger partial charge in [0.15, 0.2) is 4.80 Å². The molecule has 1 aliphatic heterocycles. The molecule has 0 N–H and O–H groups in total. The summed E-state index contributed by atoms with van der Waals surface area (Å²) in [7, 11) is -1.94. The van der Waals surface area contributed by atoms with Gasteiger partial charge >= 0.3 is 0 Å². The molecule has 0 unspecified atom stereocenters. The van der Waals surface area contributed by atoms with Crippen molar-refractivity contribution < 1.29 is 17.9 Å². The Hall–Kier alpha value is -2.04. The van der Waals surface area contributed by atoms with Gasteiger partial charge in [0.2, 0.25) is 10.0 Å². The Morgan fingerprint density at radius 1 is 1.18 bits per heavy atom. The first-order valence-electron chi connectivity index (χ1n) is 10.8. The summed E-state index contributed by atoms with van der Waals surface area (Å²) >= 11 is 7.49. The minimum Gasteiger partial charge on any atom is -0.383 e. The van der Waals surface area contributed by atoms with Crippen LogP contribution in [0, 0.1) is 5.92 Å². The molecular weight excluding hydrogens is 482 g/mol. The van der Waals surface area contributed by atoms with Gasteiger partial charge in [-0.05, 0) is 61.2 Å². The highest BCUT2D eigenvalue weighted by atomic mass is 35.5. The molecule has 0 saturated carbocycles. The zero-order valence-corrected chi connectivity index (χ0v) is 20.9. The molecule has 2 aromatic carbocycles. The minimum absolute atomic E-state index is 0.195. The van der Waals surface area contributed by atoms with E-state index in [4.69, 9.17) is 16.3 Å². The number of hydrogen-bond donors (Lipinski definition) is 0. The maximum Gasteiger partial charge on any atom is 0.279 e. The van der Waals surface area contributed by atoms with Crippen molar-refractivity contribution in [3.05, 3.63) is 57.9 Å². The van der Waals surface area contributed by atoms with Crippen LogP contribution < -0.4 is 4.80 Å². The number of carbonyl (C=O) groups is 1. The van der Waals surface area contributed by atoms with Crippen LogP contribution in [0.5, 0.6) is 0 Å². The molecule has 1 fully saturated rings. The second-order valence-corrected chi connectivity index (χ2v) is 11.6. The highest BCUT2D eigenvalue weighted by Crippen LogP contribution is 2.24. The Morgan fingerprint density at radius 3 is 2.55 bits per heavy atom. The van der Waals surface area contributed by atoms with Crippen LogP contribution in [0.3, 0.4) is 0 Å². The third-order valence-corrected chi connectivity index (χ3v) is 9.03. The fourth-order valence-electron chi connectivity index (χ4n) is 3.83. The Morgan fingerprint density at radius 2 is 1.88 bits per heavy atom. The van der Waals surface area contributed by atoms with E-state index >= 15 is 0 Å². The predicted octanol–water partition coefficient (Wildman–Crippen LogP) is 4.16. The monoisotopic (exact) mass is 507 g/mol. The fourth-order valence-corrected chi connectivity index (χ4v) is 6.63. The highest BCUT2D eigenvalue weighted by Gasteiger charge is 2.28. The van der Waals surface area contributed by atoms with Gasteiger partial charge in [-0.3, -0.25) is 4.79 Å². The number of ether oxygens (including phenoxy) is 1. The van der Waals surface area contributed by atoms with E-state index in [0.717, 1.165) is 23.1 Å². The Balaban J connectivity index is 1.62. The topological polar surface area (TPSA) is 81.0 Å². The van der Waals surface area contributed by atoms with E-state index in [1.807, 2.05) is 16.7 Å². The van der Waals surface area contributed by atoms with Gasteiger partial charge in [-0.1, -0.05) is 29.9 Å². The molecule has 1 saturated heterocycles. The Labute approximate surface area is 202 Å². The number of halogens is 1. The Bertz CT molecular complexity index is 1320. The van der Waals surface area contributed by atoms with Crippen LogP contribution in [0.25, 0.3) is 10.2 Å². The van der Waals surface area contributed by atoms with Crippen molar-refractivity contribution in [1.82, 2.24) is 8.87 Å². The molecule has 7 nitrogen and oxygen atoms in total. The van der Waals surface area contributed by atoms with Crippen LogP contribution >= 0.6 is 22.9 Å². The number of carbonyl (C=O) groups excluding carboxylic acids is 1. The van der Waals surface area contributed by atoms with Gasteiger partial charge in [0.25, 0.3) is 5.91 Å². The summed E-state index contributed by atoms with van der Waals surface area (Å²) in [5.74, 6) is 0.101. The number of nitrogens with zero attached hydrogens (tertiary/aromatic N) is 3. The van der Waals surface area contributed by atoms with Crippen LogP contribution in [0.1, 0.15) is 30.1 Å². The molecule has 0 aliphatic carbocycles. The Kier molecular flexibility index (Phi) is 7.35. The molecule has 2 heterocycles. The van der Waals surface area contributed by atoms with Gasteiger partial charge in [-0.2, -0.15) is 9.30 Å². The molecule has 1 aliphatic rings. The summed E-state index contributed by atoms with van der Waals surface area (Å²) in [5.41, 5.74) is 1.25. The van der Waals surface area contributed by atoms with E-state index < -0.39 is 15.9 Å². The number of rotatable bonds is 6. The quantitative estimate of drug-likeness (QED) is 0.501. The predicted molar refractivity (Wildman–Crippen MR) is 130 cm³/mol. The molecule has 1 amide bonds. The van der Waals surface area contributed by atoms with Crippen LogP contribution in [0.4, 0.5) is 0 Å². The van der Waals surface area contributed by atoms with Crippen molar-refractivity contribution in [2.45, 2.75) is 31.2 Å². The molecule has 0 radical (unpaired) electrons. The zero-order valence-electron chi connectivity index (χ0n) is 18.5. The summed E-state index contributed by atoms with van der Waals surface area (Å²) in [4.78, 5) is 17.9. The summed E-state index contributed by atoms with van der Waals surface area (Å²) in [6.45, 7) is 4.19. The van der Waals surface area contributed by atoms with Crippen molar-refractivity contribution in [2.24, 2.45) is 10.9 Å². The van der Waals surface area contributed by atoms with Gasteiger partial charge in [-0.25, -0.2) is 8.42 Å². The van der Waals surface area contributed by atoms with E-state index in [1.54, 1.807) is 13.2 Å². The van der Waals surface area contributed by atoms with E-state index in [0.29, 0.717) is 47.5 Å².